The van der Waals surface area contributed by atoms with E-state index in [0.29, 0.717) is 0 Å². The van der Waals surface area contributed by atoms with Crippen molar-refractivity contribution < 1.29 is 9.84 Å². The molecule has 5 heteroatoms. The van der Waals surface area contributed by atoms with E-state index in [9.17, 15) is 5.11 Å². The van der Waals surface area contributed by atoms with Crippen LogP contribution in [0.25, 0.3) is 0 Å². The number of aromatic hydroxyl groups is 1. The van der Waals surface area contributed by atoms with Crippen molar-refractivity contribution in [2.75, 3.05) is 12.4 Å². The molecular formula is C17H21N3O2. The molecular weight excluding hydrogens is 278 g/mol. The van der Waals surface area contributed by atoms with Crippen molar-refractivity contribution in [1.29, 1.82) is 0 Å². The van der Waals surface area contributed by atoms with Gasteiger partial charge in [0, 0.05) is 18.2 Å². The molecule has 22 heavy (non-hydrogen) atoms. The lowest BCUT2D eigenvalue weighted by molar-refractivity contribution is 0.414. The van der Waals surface area contributed by atoms with E-state index in [1.165, 1.54) is 5.56 Å². The molecule has 2 aromatic rings. The van der Waals surface area contributed by atoms with E-state index in [1.807, 2.05) is 25.1 Å². The second-order valence-corrected chi connectivity index (χ2v) is 5.55. The number of phenolic OH excluding ortho intramolecular Hbond substituents is 1. The molecule has 0 spiro atoms. The fourth-order valence-corrected chi connectivity index (χ4v) is 2.70. The SMILES string of the molecule is COc1ccc(C2CC(Nc3ccc(O)cc3C)NN2)cc1. The molecule has 116 valence electrons. The summed E-state index contributed by atoms with van der Waals surface area (Å²) in [6.07, 6.45) is 1.06. The van der Waals surface area contributed by atoms with Gasteiger partial charge < -0.3 is 15.2 Å². The summed E-state index contributed by atoms with van der Waals surface area (Å²) in [6.45, 7) is 1.98. The largest absolute Gasteiger partial charge is 0.508 e. The van der Waals surface area contributed by atoms with Crippen LogP contribution in [0.5, 0.6) is 11.5 Å². The number of ether oxygens (including phenoxy) is 1. The summed E-state index contributed by atoms with van der Waals surface area (Å²) in [5.41, 5.74) is 9.84. The van der Waals surface area contributed by atoms with Crippen LogP contribution in [0.4, 0.5) is 5.69 Å². The maximum absolute atomic E-state index is 9.47. The Bertz CT molecular complexity index is 643. The van der Waals surface area contributed by atoms with Gasteiger partial charge in [0.2, 0.25) is 0 Å². The first kappa shape index (κ1) is 14.7. The Morgan fingerprint density at radius 3 is 2.59 bits per heavy atom. The first-order valence-corrected chi connectivity index (χ1v) is 7.37. The first-order chi connectivity index (χ1) is 10.7. The molecule has 0 radical (unpaired) electrons. The molecule has 1 fully saturated rings. The van der Waals surface area contributed by atoms with E-state index in [-0.39, 0.29) is 18.0 Å². The third kappa shape index (κ3) is 3.16. The Morgan fingerprint density at radius 1 is 1.14 bits per heavy atom. The maximum Gasteiger partial charge on any atom is 0.118 e. The number of benzene rings is 2. The maximum atomic E-state index is 9.47. The molecule has 0 aliphatic carbocycles. The number of phenols is 1. The van der Waals surface area contributed by atoms with Crippen LogP contribution in [0, 0.1) is 6.92 Å². The molecule has 1 saturated heterocycles. The van der Waals surface area contributed by atoms with Crippen molar-refractivity contribution in [1.82, 2.24) is 10.9 Å². The van der Waals surface area contributed by atoms with E-state index in [1.54, 1.807) is 19.2 Å². The van der Waals surface area contributed by atoms with Gasteiger partial charge in [-0.3, -0.25) is 0 Å². The number of hydrazine groups is 1. The van der Waals surface area contributed by atoms with Crippen LogP contribution in [0.3, 0.4) is 0 Å². The molecule has 0 bridgehead atoms. The van der Waals surface area contributed by atoms with Crippen molar-refractivity contribution in [2.24, 2.45) is 0 Å². The number of nitrogens with one attached hydrogen (secondary N) is 3. The van der Waals surface area contributed by atoms with Gasteiger partial charge in [-0.1, -0.05) is 12.1 Å². The molecule has 0 amide bonds. The van der Waals surface area contributed by atoms with Crippen LogP contribution in [0.2, 0.25) is 0 Å². The number of methoxy groups -OCH3 is 1. The molecule has 2 atom stereocenters. The van der Waals surface area contributed by atoms with Crippen molar-refractivity contribution >= 4 is 5.69 Å². The average Bonchev–Trinajstić information content (AvgIpc) is 2.99. The van der Waals surface area contributed by atoms with Crippen LogP contribution < -0.4 is 20.9 Å². The van der Waals surface area contributed by atoms with E-state index >= 15 is 0 Å². The second-order valence-electron chi connectivity index (χ2n) is 5.55. The van der Waals surface area contributed by atoms with Gasteiger partial charge in [-0.2, -0.15) is 0 Å². The summed E-state index contributed by atoms with van der Waals surface area (Å²) < 4.78 is 5.19. The minimum absolute atomic E-state index is 0.135. The molecule has 3 rings (SSSR count). The van der Waals surface area contributed by atoms with E-state index < -0.39 is 0 Å². The zero-order chi connectivity index (χ0) is 15.5. The number of hydrogen-bond donors (Lipinski definition) is 4. The van der Waals surface area contributed by atoms with Crippen molar-refractivity contribution in [3.05, 3.63) is 53.6 Å². The third-order valence-electron chi connectivity index (χ3n) is 3.96. The predicted octanol–water partition coefficient (Wildman–Crippen LogP) is 2.69. The number of rotatable bonds is 4. The van der Waals surface area contributed by atoms with Gasteiger partial charge in [0.05, 0.1) is 13.3 Å². The molecule has 1 heterocycles. The standard InChI is InChI=1S/C17H21N3O2/c1-11-9-13(21)5-8-15(11)18-17-10-16(19-20-17)12-3-6-14(22-2)7-4-12/h3-9,16-21H,10H2,1-2H3. The molecule has 0 saturated carbocycles. The second kappa shape index (κ2) is 6.25. The Morgan fingerprint density at radius 2 is 1.91 bits per heavy atom. The van der Waals surface area contributed by atoms with Crippen LogP contribution in [-0.4, -0.2) is 18.4 Å². The van der Waals surface area contributed by atoms with Crippen LogP contribution in [-0.2, 0) is 0 Å². The molecule has 1 aliphatic heterocycles. The summed E-state index contributed by atoms with van der Waals surface area (Å²) in [5, 5.41) is 12.9. The zero-order valence-electron chi connectivity index (χ0n) is 12.8. The zero-order valence-corrected chi connectivity index (χ0v) is 12.8. The highest BCUT2D eigenvalue weighted by atomic mass is 16.5. The van der Waals surface area contributed by atoms with Gasteiger partial charge in [0.15, 0.2) is 0 Å². The minimum Gasteiger partial charge on any atom is -0.508 e. The molecule has 1 aliphatic rings. The Balaban J connectivity index is 1.64. The van der Waals surface area contributed by atoms with Gasteiger partial charge in [-0.25, -0.2) is 10.9 Å². The molecule has 2 aromatic carbocycles. The predicted molar refractivity (Wildman–Crippen MR) is 86.9 cm³/mol. The number of anilines is 1. The van der Waals surface area contributed by atoms with Gasteiger partial charge in [0.25, 0.3) is 0 Å². The number of hydrogen-bond acceptors (Lipinski definition) is 5. The van der Waals surface area contributed by atoms with E-state index in [2.05, 4.69) is 28.3 Å². The fourth-order valence-electron chi connectivity index (χ4n) is 2.70. The minimum atomic E-state index is 0.135. The number of aryl methyl sites for hydroxylation is 1. The Labute approximate surface area is 130 Å². The summed E-state index contributed by atoms with van der Waals surface area (Å²) in [7, 11) is 1.67. The van der Waals surface area contributed by atoms with Gasteiger partial charge in [-0.15, -0.1) is 0 Å². The molecule has 5 nitrogen and oxygen atoms in total. The Hall–Kier alpha value is -2.24. The average molecular weight is 299 g/mol. The molecule has 4 N–H and O–H groups in total. The summed E-state index contributed by atoms with van der Waals surface area (Å²) in [6, 6.07) is 13.7. The van der Waals surface area contributed by atoms with E-state index in [4.69, 9.17) is 4.74 Å². The van der Waals surface area contributed by atoms with Crippen molar-refractivity contribution in [3.8, 4) is 11.5 Å². The summed E-state index contributed by atoms with van der Waals surface area (Å²) >= 11 is 0. The smallest absolute Gasteiger partial charge is 0.118 e. The normalized spacial score (nSPS) is 20.8. The lowest BCUT2D eigenvalue weighted by Crippen LogP contribution is -2.36. The monoisotopic (exact) mass is 299 g/mol. The van der Waals surface area contributed by atoms with Crippen LogP contribution >= 0.6 is 0 Å². The third-order valence-corrected chi connectivity index (χ3v) is 3.96. The van der Waals surface area contributed by atoms with Gasteiger partial charge >= 0.3 is 0 Å². The Kier molecular flexibility index (Phi) is 4.18. The summed E-state index contributed by atoms with van der Waals surface area (Å²) in [4.78, 5) is 0. The van der Waals surface area contributed by atoms with Crippen LogP contribution in [0.1, 0.15) is 23.6 Å². The highest BCUT2D eigenvalue weighted by Crippen LogP contribution is 2.26. The lowest BCUT2D eigenvalue weighted by atomic mass is 10.0. The van der Waals surface area contributed by atoms with Crippen molar-refractivity contribution in [2.45, 2.75) is 25.6 Å². The highest BCUT2D eigenvalue weighted by molar-refractivity contribution is 5.54. The van der Waals surface area contributed by atoms with E-state index in [0.717, 1.165) is 23.4 Å². The summed E-state index contributed by atoms with van der Waals surface area (Å²) in [5.74, 6) is 1.15. The van der Waals surface area contributed by atoms with Crippen LogP contribution in [0.15, 0.2) is 42.5 Å². The lowest BCUT2D eigenvalue weighted by Gasteiger charge is -2.16. The first-order valence-electron chi connectivity index (χ1n) is 7.37. The molecule has 2 unspecified atom stereocenters. The fraction of sp³-hybridized carbons (Fsp3) is 0.294. The van der Waals surface area contributed by atoms with Gasteiger partial charge in [0.1, 0.15) is 11.5 Å². The molecule has 0 aromatic heterocycles. The quantitative estimate of drug-likeness (QED) is 0.654. The topological polar surface area (TPSA) is 65.5 Å². The highest BCUT2D eigenvalue weighted by Gasteiger charge is 2.25. The van der Waals surface area contributed by atoms with Gasteiger partial charge in [-0.05, 0) is 48.4 Å². The van der Waals surface area contributed by atoms with Crippen molar-refractivity contribution in [3.63, 3.8) is 0 Å².